The standard InChI is InChI=1S/C29H57NO2/c1-6-9-10-11-14-19-27(20-15-12-13-18-26(16-7-2)17-8-3)32-28(31)25-29(4)21-23-30(5)24-22-29/h26-27H,6-25H2,1-5H3. The van der Waals surface area contributed by atoms with Crippen LogP contribution in [0.4, 0.5) is 0 Å². The largest absolute Gasteiger partial charge is 0.462 e. The Morgan fingerprint density at radius 2 is 1.31 bits per heavy atom. The second kappa shape index (κ2) is 17.8. The third-order valence-electron chi connectivity index (χ3n) is 7.73. The highest BCUT2D eigenvalue weighted by molar-refractivity contribution is 5.70. The van der Waals surface area contributed by atoms with Crippen LogP contribution in [0.15, 0.2) is 0 Å². The van der Waals surface area contributed by atoms with Crippen LogP contribution in [0, 0.1) is 11.3 Å². The summed E-state index contributed by atoms with van der Waals surface area (Å²) in [6.45, 7) is 11.4. The first kappa shape index (κ1) is 29.5. The van der Waals surface area contributed by atoms with Gasteiger partial charge < -0.3 is 9.64 Å². The van der Waals surface area contributed by atoms with E-state index < -0.39 is 0 Å². The lowest BCUT2D eigenvalue weighted by Crippen LogP contribution is -2.38. The first-order chi connectivity index (χ1) is 15.4. The van der Waals surface area contributed by atoms with E-state index in [2.05, 4.69) is 39.6 Å². The maximum Gasteiger partial charge on any atom is 0.306 e. The van der Waals surface area contributed by atoms with Gasteiger partial charge in [-0.05, 0) is 70.0 Å². The highest BCUT2D eigenvalue weighted by Gasteiger charge is 2.32. The van der Waals surface area contributed by atoms with E-state index in [1.807, 2.05) is 0 Å². The summed E-state index contributed by atoms with van der Waals surface area (Å²) in [6.07, 6.45) is 22.1. The first-order valence-corrected chi connectivity index (χ1v) is 14.3. The summed E-state index contributed by atoms with van der Waals surface area (Å²) in [5.41, 5.74) is 0.128. The lowest BCUT2D eigenvalue weighted by atomic mass is 9.78. The Labute approximate surface area is 201 Å². The number of carbonyl (C=O) groups is 1. The SMILES string of the molecule is CCCCCCCC(CCCCCC(CCC)CCC)OC(=O)CC1(C)CCN(C)CC1. The highest BCUT2D eigenvalue weighted by atomic mass is 16.5. The van der Waals surface area contributed by atoms with Crippen LogP contribution in [0.2, 0.25) is 0 Å². The quantitative estimate of drug-likeness (QED) is 0.145. The predicted molar refractivity (Wildman–Crippen MR) is 139 cm³/mol. The van der Waals surface area contributed by atoms with E-state index in [0.717, 1.165) is 44.7 Å². The van der Waals surface area contributed by atoms with Gasteiger partial charge in [0.2, 0.25) is 0 Å². The predicted octanol–water partition coefficient (Wildman–Crippen LogP) is 8.55. The molecule has 0 N–H and O–H groups in total. The molecular formula is C29H57NO2. The molecular weight excluding hydrogens is 394 g/mol. The summed E-state index contributed by atoms with van der Waals surface area (Å²) in [4.78, 5) is 15.2. The average molecular weight is 452 g/mol. The second-order valence-corrected chi connectivity index (χ2v) is 11.2. The summed E-state index contributed by atoms with van der Waals surface area (Å²) < 4.78 is 6.10. The average Bonchev–Trinajstić information content (AvgIpc) is 2.75. The Balaban J connectivity index is 2.41. The molecule has 1 unspecified atom stereocenters. The molecule has 0 aliphatic carbocycles. The molecule has 0 aromatic carbocycles. The molecule has 0 amide bonds. The van der Waals surface area contributed by atoms with Gasteiger partial charge in [0.05, 0.1) is 6.42 Å². The van der Waals surface area contributed by atoms with Gasteiger partial charge in [0.15, 0.2) is 0 Å². The molecule has 0 saturated carbocycles. The number of unbranched alkanes of at least 4 members (excludes halogenated alkanes) is 6. The Kier molecular flexibility index (Phi) is 16.4. The van der Waals surface area contributed by atoms with Crippen molar-refractivity contribution in [2.75, 3.05) is 20.1 Å². The van der Waals surface area contributed by atoms with Crippen LogP contribution in [0.5, 0.6) is 0 Å². The fraction of sp³-hybridized carbons (Fsp3) is 0.966. The van der Waals surface area contributed by atoms with E-state index in [-0.39, 0.29) is 17.5 Å². The zero-order valence-corrected chi connectivity index (χ0v) is 22.6. The molecule has 0 radical (unpaired) electrons. The van der Waals surface area contributed by atoms with Gasteiger partial charge in [0.25, 0.3) is 0 Å². The number of likely N-dealkylation sites (tertiary alicyclic amines) is 1. The molecule has 1 fully saturated rings. The molecule has 0 aromatic rings. The van der Waals surface area contributed by atoms with Gasteiger partial charge in [-0.1, -0.05) is 98.3 Å². The molecule has 1 rings (SSSR count). The van der Waals surface area contributed by atoms with Gasteiger partial charge in [-0.3, -0.25) is 4.79 Å². The minimum atomic E-state index is 0.0570. The van der Waals surface area contributed by atoms with E-state index in [1.165, 1.54) is 83.5 Å². The van der Waals surface area contributed by atoms with Gasteiger partial charge >= 0.3 is 5.97 Å². The minimum Gasteiger partial charge on any atom is -0.462 e. The molecule has 3 nitrogen and oxygen atoms in total. The summed E-state index contributed by atoms with van der Waals surface area (Å²) in [5.74, 6) is 0.981. The normalized spacial score (nSPS) is 17.6. The van der Waals surface area contributed by atoms with Crippen LogP contribution in [0.3, 0.4) is 0 Å². The highest BCUT2D eigenvalue weighted by Crippen LogP contribution is 2.34. The van der Waals surface area contributed by atoms with Crippen LogP contribution in [0.25, 0.3) is 0 Å². The molecule has 3 heteroatoms. The maximum atomic E-state index is 12.8. The van der Waals surface area contributed by atoms with Crippen molar-refractivity contribution in [1.82, 2.24) is 4.90 Å². The van der Waals surface area contributed by atoms with Crippen molar-refractivity contribution in [3.8, 4) is 0 Å². The van der Waals surface area contributed by atoms with E-state index >= 15 is 0 Å². The smallest absolute Gasteiger partial charge is 0.306 e. The number of rotatable bonds is 19. The van der Waals surface area contributed by atoms with Crippen LogP contribution < -0.4 is 0 Å². The molecule has 0 bridgehead atoms. The monoisotopic (exact) mass is 451 g/mol. The zero-order valence-electron chi connectivity index (χ0n) is 22.6. The summed E-state index contributed by atoms with van der Waals surface area (Å²) in [7, 11) is 2.18. The lowest BCUT2D eigenvalue weighted by Gasteiger charge is -2.37. The second-order valence-electron chi connectivity index (χ2n) is 11.2. The molecule has 190 valence electrons. The van der Waals surface area contributed by atoms with Crippen molar-refractivity contribution in [1.29, 1.82) is 0 Å². The topological polar surface area (TPSA) is 29.5 Å². The van der Waals surface area contributed by atoms with Crippen molar-refractivity contribution in [2.24, 2.45) is 11.3 Å². The lowest BCUT2D eigenvalue weighted by molar-refractivity contribution is -0.153. The number of nitrogens with zero attached hydrogens (tertiary/aromatic N) is 1. The number of ether oxygens (including phenoxy) is 1. The number of esters is 1. The first-order valence-electron chi connectivity index (χ1n) is 14.3. The van der Waals surface area contributed by atoms with E-state index in [1.54, 1.807) is 0 Å². The van der Waals surface area contributed by atoms with E-state index in [9.17, 15) is 4.79 Å². The molecule has 1 aliphatic rings. The molecule has 1 saturated heterocycles. The third-order valence-corrected chi connectivity index (χ3v) is 7.73. The van der Waals surface area contributed by atoms with Crippen molar-refractivity contribution in [3.05, 3.63) is 0 Å². The molecule has 1 aliphatic heterocycles. The number of carbonyl (C=O) groups excluding carboxylic acids is 1. The molecule has 0 aromatic heterocycles. The number of piperidine rings is 1. The molecule has 0 spiro atoms. The Morgan fingerprint density at radius 3 is 1.88 bits per heavy atom. The van der Waals surface area contributed by atoms with E-state index in [4.69, 9.17) is 4.74 Å². The number of hydrogen-bond acceptors (Lipinski definition) is 3. The van der Waals surface area contributed by atoms with Gasteiger partial charge in [-0.2, -0.15) is 0 Å². The van der Waals surface area contributed by atoms with Gasteiger partial charge in [-0.15, -0.1) is 0 Å². The Bertz CT molecular complexity index is 450. The van der Waals surface area contributed by atoms with Crippen molar-refractivity contribution in [3.63, 3.8) is 0 Å². The number of hydrogen-bond donors (Lipinski definition) is 0. The van der Waals surface area contributed by atoms with Crippen molar-refractivity contribution in [2.45, 2.75) is 149 Å². The maximum absolute atomic E-state index is 12.8. The Morgan fingerprint density at radius 1 is 0.781 bits per heavy atom. The summed E-state index contributed by atoms with van der Waals surface area (Å²) in [5, 5.41) is 0. The molecule has 1 atom stereocenters. The summed E-state index contributed by atoms with van der Waals surface area (Å²) >= 11 is 0. The van der Waals surface area contributed by atoms with Crippen LogP contribution in [-0.4, -0.2) is 37.1 Å². The minimum absolute atomic E-state index is 0.0570. The fourth-order valence-electron chi connectivity index (χ4n) is 5.38. The van der Waals surface area contributed by atoms with Gasteiger partial charge in [0, 0.05) is 0 Å². The fourth-order valence-corrected chi connectivity index (χ4v) is 5.38. The van der Waals surface area contributed by atoms with Crippen molar-refractivity contribution < 1.29 is 9.53 Å². The van der Waals surface area contributed by atoms with E-state index in [0.29, 0.717) is 6.42 Å². The zero-order chi connectivity index (χ0) is 23.7. The van der Waals surface area contributed by atoms with Gasteiger partial charge in [0.1, 0.15) is 6.10 Å². The molecule has 32 heavy (non-hydrogen) atoms. The molecule has 1 heterocycles. The van der Waals surface area contributed by atoms with Crippen LogP contribution in [0.1, 0.15) is 143 Å². The third kappa shape index (κ3) is 13.9. The van der Waals surface area contributed by atoms with Gasteiger partial charge in [-0.25, -0.2) is 0 Å². The van der Waals surface area contributed by atoms with Crippen LogP contribution >= 0.6 is 0 Å². The van der Waals surface area contributed by atoms with Crippen molar-refractivity contribution >= 4 is 5.97 Å². The van der Waals surface area contributed by atoms with Crippen LogP contribution in [-0.2, 0) is 9.53 Å². The summed E-state index contributed by atoms with van der Waals surface area (Å²) in [6, 6.07) is 0. The Hall–Kier alpha value is -0.570.